The second kappa shape index (κ2) is 20.2. The molecule has 0 fully saturated rings. The molecule has 8 rings (SSSR count). The van der Waals surface area contributed by atoms with Crippen LogP contribution in [0.4, 0.5) is 0 Å². The summed E-state index contributed by atoms with van der Waals surface area (Å²) < 4.78 is 9.61. The van der Waals surface area contributed by atoms with Gasteiger partial charge in [-0.1, -0.05) is 59.1 Å². The first-order chi connectivity index (χ1) is 30.4. The van der Waals surface area contributed by atoms with E-state index in [0.717, 1.165) is 63.3 Å². The molecule has 0 saturated heterocycles. The Bertz CT molecular complexity index is 2790. The van der Waals surface area contributed by atoms with Crippen LogP contribution in [0.25, 0.3) is 27.0 Å². The van der Waals surface area contributed by atoms with Crippen LogP contribution in [-0.2, 0) is 29.2 Å². The van der Waals surface area contributed by atoms with Crippen LogP contribution in [0.2, 0.25) is 10.0 Å². The number of aromatic carboxylic acids is 1. The molecule has 0 spiro atoms. The summed E-state index contributed by atoms with van der Waals surface area (Å²) in [6.45, 7) is 10.1. The van der Waals surface area contributed by atoms with Crippen molar-refractivity contribution < 1.29 is 24.2 Å². The number of hydrogen-bond acceptors (Lipinski definition) is 10. The third kappa shape index (κ3) is 10.8. The van der Waals surface area contributed by atoms with E-state index >= 15 is 0 Å². The molecule has 1 aliphatic heterocycles. The van der Waals surface area contributed by atoms with E-state index in [4.69, 9.17) is 32.9 Å². The van der Waals surface area contributed by atoms with Crippen molar-refractivity contribution in [3.05, 3.63) is 128 Å². The number of carbonyl (C=O) groups excluding carboxylic acids is 2. The highest BCUT2D eigenvalue weighted by Gasteiger charge is 2.26. The number of unbranched alkanes of at least 4 members (excludes halogenated alkanes) is 2. The van der Waals surface area contributed by atoms with Crippen molar-refractivity contribution >= 4 is 68.9 Å². The van der Waals surface area contributed by atoms with E-state index in [1.54, 1.807) is 28.2 Å². The molecule has 15 nitrogen and oxygen atoms in total. The molecule has 4 N–H and O–H groups in total. The number of aryl methyl sites for hydroxylation is 3. The maximum absolute atomic E-state index is 12.1. The normalized spacial score (nSPS) is 11.8. The minimum atomic E-state index is -1.01. The van der Waals surface area contributed by atoms with Crippen LogP contribution in [-0.4, -0.2) is 76.5 Å². The van der Waals surface area contributed by atoms with Gasteiger partial charge in [0, 0.05) is 63.6 Å². The smallest absolute Gasteiger partial charge is 0.337 e. The molecule has 2 amide bonds. The molecule has 7 aromatic rings. The summed E-state index contributed by atoms with van der Waals surface area (Å²) in [5.74, 6) is 1.30. The fourth-order valence-electron chi connectivity index (χ4n) is 7.09. The summed E-state index contributed by atoms with van der Waals surface area (Å²) in [5, 5.41) is 34.5. The molecular weight excluding hydrogens is 864 g/mol. The minimum absolute atomic E-state index is 0.0205. The zero-order valence-electron chi connectivity index (χ0n) is 35.2. The van der Waals surface area contributed by atoms with E-state index < -0.39 is 5.97 Å². The van der Waals surface area contributed by atoms with Gasteiger partial charge in [0.2, 0.25) is 11.8 Å². The van der Waals surface area contributed by atoms with Gasteiger partial charge in [-0.25, -0.2) is 4.79 Å². The number of hydrogen-bond donors (Lipinski definition) is 4. The van der Waals surface area contributed by atoms with Crippen LogP contribution in [0.1, 0.15) is 81.9 Å². The summed E-state index contributed by atoms with van der Waals surface area (Å²) in [5.41, 5.74) is 7.64. The zero-order chi connectivity index (χ0) is 44.6. The Hall–Kier alpha value is -6.36. The van der Waals surface area contributed by atoms with Gasteiger partial charge < -0.3 is 25.5 Å². The van der Waals surface area contributed by atoms with Crippen molar-refractivity contribution in [2.45, 2.75) is 73.0 Å². The quantitative estimate of drug-likeness (QED) is 0.0731. The molecule has 63 heavy (non-hydrogen) atoms. The van der Waals surface area contributed by atoms with Gasteiger partial charge in [0.1, 0.15) is 35.4 Å². The SMILES string of the molecule is CC(=O)NCc1cn(CCCCCC(=O)NCCOc2ccc(-c3cc4c(C(=O)O)c[nH]c4cc3Cl)cc2)nn1.Cc1sc2c(c1C)C(c1ccc(Cl)cc1)=NCc1nnc(C)n1-2. The largest absolute Gasteiger partial charge is 0.492 e. The van der Waals surface area contributed by atoms with Crippen LogP contribution in [0.5, 0.6) is 5.75 Å². The molecule has 326 valence electrons. The Balaban J connectivity index is 0.000000217. The van der Waals surface area contributed by atoms with Crippen LogP contribution in [0, 0.1) is 20.8 Å². The van der Waals surface area contributed by atoms with Gasteiger partial charge in [-0.05, 0) is 81.1 Å². The molecule has 0 unspecified atom stereocenters. The lowest BCUT2D eigenvalue weighted by Gasteiger charge is -2.10. The topological polar surface area (TPSA) is 194 Å². The number of nitrogens with zero attached hydrogens (tertiary/aromatic N) is 7. The second-order valence-corrected chi connectivity index (χ2v) is 17.0. The van der Waals surface area contributed by atoms with E-state index in [2.05, 4.69) is 54.5 Å². The molecule has 5 heterocycles. The van der Waals surface area contributed by atoms with Crippen molar-refractivity contribution in [1.82, 2.24) is 45.4 Å². The number of halogens is 2. The fraction of sp³-hybridized carbons (Fsp3) is 0.289. The number of carbonyl (C=O) groups is 3. The molecule has 0 radical (unpaired) electrons. The predicted molar refractivity (Wildman–Crippen MR) is 244 cm³/mol. The molecule has 4 aromatic heterocycles. The highest BCUT2D eigenvalue weighted by Crippen LogP contribution is 2.37. The van der Waals surface area contributed by atoms with Crippen LogP contribution >= 0.6 is 34.5 Å². The molecule has 1 aliphatic rings. The Morgan fingerprint density at radius 1 is 0.937 bits per heavy atom. The number of rotatable bonds is 15. The number of amides is 2. The lowest BCUT2D eigenvalue weighted by molar-refractivity contribution is -0.121. The Morgan fingerprint density at radius 2 is 1.70 bits per heavy atom. The number of ether oxygens (including phenoxy) is 1. The highest BCUT2D eigenvalue weighted by atomic mass is 35.5. The average Bonchev–Trinajstić information content (AvgIpc) is 4.03. The van der Waals surface area contributed by atoms with Crippen molar-refractivity contribution in [3.63, 3.8) is 0 Å². The highest BCUT2D eigenvalue weighted by molar-refractivity contribution is 7.15. The van der Waals surface area contributed by atoms with Gasteiger partial charge in [0.05, 0.1) is 35.6 Å². The Kier molecular flexibility index (Phi) is 14.3. The zero-order valence-corrected chi connectivity index (χ0v) is 37.5. The maximum atomic E-state index is 12.1. The molecule has 3 aromatic carbocycles. The number of fused-ring (bicyclic) bond motifs is 4. The predicted octanol–water partition coefficient (Wildman–Crippen LogP) is 8.43. The first-order valence-corrected chi connectivity index (χ1v) is 21.9. The summed E-state index contributed by atoms with van der Waals surface area (Å²) in [7, 11) is 0. The first-order valence-electron chi connectivity index (χ1n) is 20.4. The number of aromatic nitrogens is 7. The number of nitrogens with one attached hydrogen (secondary N) is 3. The van der Waals surface area contributed by atoms with Crippen molar-refractivity contribution in [1.29, 1.82) is 0 Å². The average molecular weight is 910 g/mol. The number of benzene rings is 3. The Labute approximate surface area is 377 Å². The van der Waals surface area contributed by atoms with Gasteiger partial charge in [-0.15, -0.1) is 26.6 Å². The standard InChI is InChI=1S/C28H31ClN6O5.C17H15ClN4S/c1-18(36)31-15-20-17-35(34-33-20)11-4-2-3-5-27(37)30-10-12-40-21-8-6-19(7-9-21)22-13-23-24(28(38)39)16-32-26(23)14-25(22)29;1-9-10(2)23-17-15(9)16(12-4-6-13(18)7-5-12)19-8-14-21-20-11(3)22(14)17/h6-9,13-14,16-17,32H,2-5,10-12,15H2,1H3,(H,30,37)(H,31,36)(H,38,39);4-7H,8H2,1-3H3. The van der Waals surface area contributed by atoms with Crippen LogP contribution in [0.15, 0.2) is 78.0 Å². The number of aromatic amines is 1. The van der Waals surface area contributed by atoms with E-state index in [-0.39, 0.29) is 17.4 Å². The van der Waals surface area contributed by atoms with E-state index in [0.29, 0.717) is 66.6 Å². The van der Waals surface area contributed by atoms with Crippen molar-refractivity contribution in [3.8, 4) is 21.9 Å². The molecule has 18 heteroatoms. The van der Waals surface area contributed by atoms with E-state index in [1.807, 2.05) is 61.7 Å². The summed E-state index contributed by atoms with van der Waals surface area (Å²) >= 11 is 14.2. The van der Waals surface area contributed by atoms with E-state index in [1.165, 1.54) is 29.1 Å². The summed E-state index contributed by atoms with van der Waals surface area (Å²) in [4.78, 5) is 43.6. The molecule has 0 saturated carbocycles. The van der Waals surface area contributed by atoms with Gasteiger partial charge in [-0.3, -0.25) is 23.8 Å². The number of H-pyrrole nitrogens is 1. The minimum Gasteiger partial charge on any atom is -0.492 e. The molecular formula is C45H46Cl2N10O5S. The van der Waals surface area contributed by atoms with Crippen molar-refractivity contribution in [2.75, 3.05) is 13.2 Å². The van der Waals surface area contributed by atoms with Gasteiger partial charge in [-0.2, -0.15) is 0 Å². The number of carboxylic acid groups (broad SMARTS) is 1. The fourth-order valence-corrected chi connectivity index (χ4v) is 8.71. The maximum Gasteiger partial charge on any atom is 0.337 e. The lowest BCUT2D eigenvalue weighted by Crippen LogP contribution is -2.27. The van der Waals surface area contributed by atoms with Crippen LogP contribution in [0.3, 0.4) is 0 Å². The third-order valence-corrected chi connectivity index (χ3v) is 12.2. The summed E-state index contributed by atoms with van der Waals surface area (Å²) in [6, 6.07) is 18.7. The number of thiophene rings is 1. The number of aliphatic imine (C=N–C) groups is 1. The molecule has 0 atom stereocenters. The van der Waals surface area contributed by atoms with Crippen LogP contribution < -0.4 is 15.4 Å². The van der Waals surface area contributed by atoms with Gasteiger partial charge >= 0.3 is 5.97 Å². The molecule has 0 aliphatic carbocycles. The monoisotopic (exact) mass is 908 g/mol. The first kappa shape index (κ1) is 44.7. The van der Waals surface area contributed by atoms with Crippen molar-refractivity contribution in [2.24, 2.45) is 4.99 Å². The summed E-state index contributed by atoms with van der Waals surface area (Å²) in [6.07, 6.45) is 6.24. The van der Waals surface area contributed by atoms with E-state index in [9.17, 15) is 19.5 Å². The second-order valence-electron chi connectivity index (χ2n) is 14.9. The lowest BCUT2D eigenvalue weighted by atomic mass is 10.00. The third-order valence-electron chi connectivity index (χ3n) is 10.4. The van der Waals surface area contributed by atoms with Gasteiger partial charge in [0.15, 0.2) is 5.82 Å². The Morgan fingerprint density at radius 3 is 2.44 bits per heavy atom. The number of carboxylic acids is 1. The molecule has 0 bridgehead atoms. The van der Waals surface area contributed by atoms with Gasteiger partial charge in [0.25, 0.3) is 0 Å².